The van der Waals surface area contributed by atoms with Gasteiger partial charge in [-0.2, -0.15) is 0 Å². The molecule has 1 atom stereocenters. The quantitative estimate of drug-likeness (QED) is 0.832. The van der Waals surface area contributed by atoms with Crippen LogP contribution in [0.2, 0.25) is 0 Å². The first-order valence-electron chi connectivity index (χ1n) is 6.20. The Kier molecular flexibility index (Phi) is 4.59. The summed E-state index contributed by atoms with van der Waals surface area (Å²) < 4.78 is 39.4. The molecule has 3 nitrogen and oxygen atoms in total. The van der Waals surface area contributed by atoms with Crippen molar-refractivity contribution in [3.05, 3.63) is 71.0 Å². The molecule has 0 fully saturated rings. The number of carbonyl (C=O) groups excluding carboxylic acids is 1. The van der Waals surface area contributed by atoms with Crippen molar-refractivity contribution in [2.24, 2.45) is 5.73 Å². The highest BCUT2D eigenvalue weighted by atomic mass is 19.2. The van der Waals surface area contributed by atoms with E-state index < -0.39 is 29.4 Å². The molecule has 110 valence electrons. The Morgan fingerprint density at radius 1 is 1.10 bits per heavy atom. The van der Waals surface area contributed by atoms with Crippen LogP contribution in [0, 0.1) is 17.5 Å². The first-order chi connectivity index (χ1) is 9.99. The van der Waals surface area contributed by atoms with Crippen molar-refractivity contribution >= 4 is 5.91 Å². The van der Waals surface area contributed by atoms with Gasteiger partial charge in [-0.15, -0.1) is 0 Å². The van der Waals surface area contributed by atoms with Crippen LogP contribution in [0.1, 0.15) is 17.2 Å². The third-order valence-electron chi connectivity index (χ3n) is 2.98. The number of benzene rings is 2. The van der Waals surface area contributed by atoms with Crippen molar-refractivity contribution in [1.29, 1.82) is 0 Å². The number of amides is 1. The highest BCUT2D eigenvalue weighted by molar-refractivity contribution is 5.81. The molecular formula is C15H13F3N2O. The third kappa shape index (κ3) is 3.61. The lowest BCUT2D eigenvalue weighted by atomic mass is 10.0. The lowest BCUT2D eigenvalue weighted by Gasteiger charge is -2.16. The van der Waals surface area contributed by atoms with Gasteiger partial charge in [0.25, 0.3) is 0 Å². The van der Waals surface area contributed by atoms with Crippen LogP contribution in [-0.2, 0) is 11.3 Å². The third-order valence-corrected chi connectivity index (χ3v) is 2.98. The van der Waals surface area contributed by atoms with Crippen LogP contribution in [0.3, 0.4) is 0 Å². The molecule has 0 bridgehead atoms. The molecule has 0 aliphatic carbocycles. The zero-order valence-corrected chi connectivity index (χ0v) is 10.9. The van der Waals surface area contributed by atoms with E-state index in [4.69, 9.17) is 5.73 Å². The molecular weight excluding hydrogens is 281 g/mol. The maximum absolute atomic E-state index is 13.2. The van der Waals surface area contributed by atoms with E-state index in [-0.39, 0.29) is 12.1 Å². The molecule has 0 heterocycles. The number of halogens is 3. The summed E-state index contributed by atoms with van der Waals surface area (Å²) in [6.07, 6.45) is 0. The smallest absolute Gasteiger partial charge is 0.239 e. The summed E-state index contributed by atoms with van der Waals surface area (Å²) in [5.74, 6) is -5.11. The van der Waals surface area contributed by atoms with Crippen LogP contribution in [-0.4, -0.2) is 5.91 Å². The summed E-state index contributed by atoms with van der Waals surface area (Å²) in [5, 5.41) is 2.80. The fourth-order valence-electron chi connectivity index (χ4n) is 1.94. The van der Waals surface area contributed by atoms with Crippen LogP contribution >= 0.6 is 0 Å². The van der Waals surface area contributed by atoms with Gasteiger partial charge in [0.15, 0.2) is 17.5 Å². The van der Waals surface area contributed by atoms with E-state index in [1.54, 1.807) is 0 Å². The van der Waals surface area contributed by atoms with E-state index >= 15 is 0 Å². The number of carbonyl (C=O) groups is 1. The fourth-order valence-corrected chi connectivity index (χ4v) is 1.94. The largest absolute Gasteiger partial charge is 0.368 e. The minimum atomic E-state index is -1.58. The molecule has 6 heteroatoms. The van der Waals surface area contributed by atoms with E-state index in [2.05, 4.69) is 5.32 Å². The molecule has 0 radical (unpaired) electrons. The normalized spacial score (nSPS) is 12.1. The van der Waals surface area contributed by atoms with E-state index in [0.29, 0.717) is 0 Å². The molecule has 1 unspecified atom stereocenters. The van der Waals surface area contributed by atoms with E-state index in [1.165, 1.54) is 0 Å². The predicted molar refractivity (Wildman–Crippen MR) is 71.5 cm³/mol. The van der Waals surface area contributed by atoms with Crippen molar-refractivity contribution in [3.63, 3.8) is 0 Å². The maximum atomic E-state index is 13.2. The first-order valence-corrected chi connectivity index (χ1v) is 6.20. The van der Waals surface area contributed by atoms with Crippen molar-refractivity contribution in [2.45, 2.75) is 12.6 Å². The van der Waals surface area contributed by atoms with Crippen molar-refractivity contribution in [2.75, 3.05) is 0 Å². The fraction of sp³-hybridized carbons (Fsp3) is 0.133. The zero-order chi connectivity index (χ0) is 15.4. The SMILES string of the molecule is NC(=O)C(NCc1ccccc1)c1cc(F)c(F)c(F)c1. The van der Waals surface area contributed by atoms with Crippen molar-refractivity contribution in [3.8, 4) is 0 Å². The molecule has 1 amide bonds. The van der Waals surface area contributed by atoms with Crippen LogP contribution < -0.4 is 11.1 Å². The Morgan fingerprint density at radius 3 is 2.19 bits per heavy atom. The van der Waals surface area contributed by atoms with Gasteiger partial charge in [-0.05, 0) is 23.3 Å². The Morgan fingerprint density at radius 2 is 1.67 bits per heavy atom. The molecule has 0 aliphatic rings. The lowest BCUT2D eigenvalue weighted by Crippen LogP contribution is -2.33. The molecule has 2 aromatic carbocycles. The molecule has 0 saturated carbocycles. The standard InChI is InChI=1S/C15H13F3N2O/c16-11-6-10(7-12(17)13(11)18)14(15(19)21)20-8-9-4-2-1-3-5-9/h1-7,14,20H,8H2,(H2,19,21). The number of hydrogen-bond acceptors (Lipinski definition) is 2. The minimum Gasteiger partial charge on any atom is -0.368 e. The molecule has 2 rings (SSSR count). The summed E-state index contributed by atoms with van der Waals surface area (Å²) in [4.78, 5) is 11.4. The average molecular weight is 294 g/mol. The molecule has 0 aliphatic heterocycles. The Labute approximate surface area is 119 Å². The number of primary amides is 1. The van der Waals surface area contributed by atoms with Gasteiger partial charge >= 0.3 is 0 Å². The zero-order valence-electron chi connectivity index (χ0n) is 10.9. The van der Waals surface area contributed by atoms with Gasteiger partial charge in [0.2, 0.25) is 5.91 Å². The second-order valence-electron chi connectivity index (χ2n) is 4.50. The van der Waals surface area contributed by atoms with E-state index in [9.17, 15) is 18.0 Å². The number of nitrogens with two attached hydrogens (primary N) is 1. The van der Waals surface area contributed by atoms with Crippen LogP contribution in [0.25, 0.3) is 0 Å². The lowest BCUT2D eigenvalue weighted by molar-refractivity contribution is -0.120. The average Bonchev–Trinajstić information content (AvgIpc) is 2.45. The summed E-state index contributed by atoms with van der Waals surface area (Å²) >= 11 is 0. The van der Waals surface area contributed by atoms with Gasteiger partial charge in [-0.3, -0.25) is 10.1 Å². The van der Waals surface area contributed by atoms with Crippen LogP contribution in [0.4, 0.5) is 13.2 Å². The van der Waals surface area contributed by atoms with Gasteiger partial charge in [0, 0.05) is 6.54 Å². The Hall–Kier alpha value is -2.34. The van der Waals surface area contributed by atoms with E-state index in [0.717, 1.165) is 17.7 Å². The topological polar surface area (TPSA) is 55.1 Å². The molecule has 0 aromatic heterocycles. The highest BCUT2D eigenvalue weighted by Crippen LogP contribution is 2.19. The predicted octanol–water partition coefficient (Wildman–Crippen LogP) is 2.42. The summed E-state index contributed by atoms with van der Waals surface area (Å²) in [5.41, 5.74) is 6.04. The first kappa shape index (κ1) is 15.1. The number of nitrogens with one attached hydrogen (secondary N) is 1. The van der Waals surface area contributed by atoms with Crippen LogP contribution in [0.15, 0.2) is 42.5 Å². The molecule has 0 saturated heterocycles. The maximum Gasteiger partial charge on any atom is 0.239 e. The minimum absolute atomic E-state index is 0.0603. The molecule has 21 heavy (non-hydrogen) atoms. The highest BCUT2D eigenvalue weighted by Gasteiger charge is 2.21. The van der Waals surface area contributed by atoms with Gasteiger partial charge in [0.05, 0.1) is 0 Å². The Bertz CT molecular complexity index is 624. The van der Waals surface area contributed by atoms with Crippen molar-refractivity contribution < 1.29 is 18.0 Å². The monoisotopic (exact) mass is 294 g/mol. The Balaban J connectivity index is 2.21. The summed E-state index contributed by atoms with van der Waals surface area (Å²) in [6.45, 7) is 0.273. The van der Waals surface area contributed by atoms with Crippen LogP contribution in [0.5, 0.6) is 0 Å². The van der Waals surface area contributed by atoms with Gasteiger partial charge in [-0.25, -0.2) is 13.2 Å². The van der Waals surface area contributed by atoms with E-state index in [1.807, 2.05) is 30.3 Å². The van der Waals surface area contributed by atoms with Gasteiger partial charge in [0.1, 0.15) is 6.04 Å². The molecule has 2 aromatic rings. The second-order valence-corrected chi connectivity index (χ2v) is 4.50. The number of hydrogen-bond donors (Lipinski definition) is 2. The molecule has 3 N–H and O–H groups in total. The van der Waals surface area contributed by atoms with Gasteiger partial charge < -0.3 is 5.73 Å². The van der Waals surface area contributed by atoms with Gasteiger partial charge in [-0.1, -0.05) is 30.3 Å². The summed E-state index contributed by atoms with van der Waals surface area (Å²) in [7, 11) is 0. The second kappa shape index (κ2) is 6.41. The van der Waals surface area contributed by atoms with Crippen molar-refractivity contribution in [1.82, 2.24) is 5.32 Å². The number of rotatable bonds is 5. The summed E-state index contributed by atoms with van der Waals surface area (Å²) in [6, 6.07) is 9.49. The molecule has 0 spiro atoms.